The molecule has 1 atom stereocenters. The molecule has 2 aromatic rings. The average Bonchev–Trinajstić information content (AvgIpc) is 3.07. The van der Waals surface area contributed by atoms with Crippen LogP contribution in [0.25, 0.3) is 0 Å². The van der Waals surface area contributed by atoms with Crippen molar-refractivity contribution in [3.8, 4) is 0 Å². The summed E-state index contributed by atoms with van der Waals surface area (Å²) in [6.45, 7) is 4.62. The molecule has 0 bridgehead atoms. The third-order valence-corrected chi connectivity index (χ3v) is 4.35. The number of anilines is 1. The minimum atomic E-state index is -0.610. The summed E-state index contributed by atoms with van der Waals surface area (Å²) in [7, 11) is 0. The summed E-state index contributed by atoms with van der Waals surface area (Å²) < 4.78 is 6.51. The smallest absolute Gasteiger partial charge is 0.328 e. The maximum absolute atomic E-state index is 12.6. The number of hydrogen-bond donors (Lipinski definition) is 2. The zero-order valence-electron chi connectivity index (χ0n) is 14.3. The van der Waals surface area contributed by atoms with E-state index in [1.807, 2.05) is 26.0 Å². The van der Waals surface area contributed by atoms with Gasteiger partial charge in [0.15, 0.2) is 0 Å². The first-order valence-electron chi connectivity index (χ1n) is 8.28. The molecule has 3 rings (SSSR count). The molecule has 7 nitrogen and oxygen atoms in total. The van der Waals surface area contributed by atoms with Crippen LogP contribution in [0.2, 0.25) is 0 Å². The lowest BCUT2D eigenvalue weighted by atomic mass is 10.1. The van der Waals surface area contributed by atoms with Crippen LogP contribution < -0.4 is 16.6 Å². The van der Waals surface area contributed by atoms with Gasteiger partial charge in [0, 0.05) is 18.5 Å². The van der Waals surface area contributed by atoms with Crippen molar-refractivity contribution in [2.45, 2.75) is 39.3 Å². The standard InChI is InChI=1S/C18H21N3O4/c1-11-5-6-15(12(2)8-11)20-16(22)14-9-19-18(24)21(17(14)23)10-13-4-3-7-25-13/h5-6,8-9,13H,3-4,7,10H2,1-2H3,(H,19,24)(H,20,22). The zero-order chi connectivity index (χ0) is 18.0. The van der Waals surface area contributed by atoms with E-state index in [1.165, 1.54) is 0 Å². The molecule has 1 aromatic carbocycles. The van der Waals surface area contributed by atoms with E-state index in [1.54, 1.807) is 6.07 Å². The predicted molar refractivity (Wildman–Crippen MR) is 94.2 cm³/mol. The molecule has 7 heteroatoms. The van der Waals surface area contributed by atoms with Crippen molar-refractivity contribution in [2.75, 3.05) is 11.9 Å². The first-order chi connectivity index (χ1) is 12.0. The van der Waals surface area contributed by atoms with Gasteiger partial charge in [-0.2, -0.15) is 0 Å². The first-order valence-corrected chi connectivity index (χ1v) is 8.28. The quantitative estimate of drug-likeness (QED) is 0.881. The number of benzene rings is 1. The van der Waals surface area contributed by atoms with Crippen molar-refractivity contribution in [1.82, 2.24) is 9.55 Å². The number of amides is 1. The molecule has 1 aliphatic heterocycles. The molecule has 1 amide bonds. The molecule has 1 fully saturated rings. The minimum absolute atomic E-state index is 0.0995. The third kappa shape index (κ3) is 3.71. The second kappa shape index (κ2) is 7.06. The lowest BCUT2D eigenvalue weighted by molar-refractivity contribution is 0.0941. The number of rotatable bonds is 4. The number of aryl methyl sites for hydroxylation is 2. The summed E-state index contributed by atoms with van der Waals surface area (Å²) in [6, 6.07) is 5.61. The van der Waals surface area contributed by atoms with Crippen LogP contribution in [0.4, 0.5) is 5.69 Å². The van der Waals surface area contributed by atoms with E-state index < -0.39 is 17.2 Å². The molecule has 1 saturated heterocycles. The van der Waals surface area contributed by atoms with Gasteiger partial charge in [0.05, 0.1) is 12.6 Å². The second-order valence-corrected chi connectivity index (χ2v) is 6.33. The largest absolute Gasteiger partial charge is 0.376 e. The fourth-order valence-electron chi connectivity index (χ4n) is 2.98. The van der Waals surface area contributed by atoms with Gasteiger partial charge in [-0.1, -0.05) is 17.7 Å². The number of carbonyl (C=O) groups excluding carboxylic acids is 1. The minimum Gasteiger partial charge on any atom is -0.376 e. The number of H-pyrrole nitrogens is 1. The van der Waals surface area contributed by atoms with Crippen LogP contribution in [0.3, 0.4) is 0 Å². The molecule has 1 aromatic heterocycles. The molecule has 0 radical (unpaired) electrons. The van der Waals surface area contributed by atoms with Crippen molar-refractivity contribution in [2.24, 2.45) is 0 Å². The molecule has 2 heterocycles. The molecule has 132 valence electrons. The third-order valence-electron chi connectivity index (χ3n) is 4.35. The summed E-state index contributed by atoms with van der Waals surface area (Å²) in [5.74, 6) is -0.547. The van der Waals surface area contributed by atoms with E-state index in [-0.39, 0.29) is 18.2 Å². The van der Waals surface area contributed by atoms with Crippen molar-refractivity contribution >= 4 is 11.6 Å². The zero-order valence-corrected chi connectivity index (χ0v) is 14.3. The first kappa shape index (κ1) is 17.2. The summed E-state index contributed by atoms with van der Waals surface area (Å²) in [4.78, 5) is 39.5. The number of nitrogens with one attached hydrogen (secondary N) is 2. The van der Waals surface area contributed by atoms with Crippen molar-refractivity contribution in [3.63, 3.8) is 0 Å². The summed E-state index contributed by atoms with van der Waals surface area (Å²) >= 11 is 0. The van der Waals surface area contributed by atoms with Crippen molar-refractivity contribution < 1.29 is 9.53 Å². The van der Waals surface area contributed by atoms with Crippen LogP contribution in [-0.4, -0.2) is 28.2 Å². The molecule has 0 saturated carbocycles. The fourth-order valence-corrected chi connectivity index (χ4v) is 2.98. The summed E-state index contributed by atoms with van der Waals surface area (Å²) in [6.07, 6.45) is 2.70. The fraction of sp³-hybridized carbons (Fsp3) is 0.389. The van der Waals surface area contributed by atoms with Gasteiger partial charge in [0.2, 0.25) is 0 Å². The van der Waals surface area contributed by atoms with E-state index >= 15 is 0 Å². The molecule has 1 aliphatic rings. The monoisotopic (exact) mass is 343 g/mol. The highest BCUT2D eigenvalue weighted by Gasteiger charge is 2.21. The Bertz CT molecular complexity index is 907. The SMILES string of the molecule is Cc1ccc(NC(=O)c2c[nH]c(=O)n(CC3CCCO3)c2=O)c(C)c1. The summed E-state index contributed by atoms with van der Waals surface area (Å²) in [5, 5.41) is 2.73. The van der Waals surface area contributed by atoms with E-state index in [9.17, 15) is 14.4 Å². The average molecular weight is 343 g/mol. The number of aromatic nitrogens is 2. The Hall–Kier alpha value is -2.67. The number of nitrogens with zero attached hydrogens (tertiary/aromatic N) is 1. The number of ether oxygens (including phenoxy) is 1. The Labute approximate surface area is 144 Å². The molecule has 0 aliphatic carbocycles. The van der Waals surface area contributed by atoms with Crippen LogP contribution in [0.5, 0.6) is 0 Å². The van der Waals surface area contributed by atoms with Gasteiger partial charge in [0.25, 0.3) is 11.5 Å². The maximum Gasteiger partial charge on any atom is 0.328 e. The van der Waals surface area contributed by atoms with Crippen LogP contribution in [0.1, 0.15) is 34.3 Å². The maximum atomic E-state index is 12.6. The topological polar surface area (TPSA) is 93.2 Å². The highest BCUT2D eigenvalue weighted by molar-refractivity contribution is 6.04. The Morgan fingerprint density at radius 1 is 1.36 bits per heavy atom. The van der Waals surface area contributed by atoms with Crippen molar-refractivity contribution in [3.05, 3.63) is 61.9 Å². The van der Waals surface area contributed by atoms with Gasteiger partial charge in [-0.05, 0) is 38.3 Å². The van der Waals surface area contributed by atoms with Gasteiger partial charge in [-0.15, -0.1) is 0 Å². The van der Waals surface area contributed by atoms with Gasteiger partial charge >= 0.3 is 5.69 Å². The van der Waals surface area contributed by atoms with Crippen molar-refractivity contribution in [1.29, 1.82) is 0 Å². The Balaban J connectivity index is 1.87. The lowest BCUT2D eigenvalue weighted by Gasteiger charge is -2.12. The molecular weight excluding hydrogens is 322 g/mol. The second-order valence-electron chi connectivity index (χ2n) is 6.33. The highest BCUT2D eigenvalue weighted by atomic mass is 16.5. The van der Waals surface area contributed by atoms with E-state index in [0.717, 1.165) is 34.7 Å². The van der Waals surface area contributed by atoms with Gasteiger partial charge < -0.3 is 15.0 Å². The normalized spacial score (nSPS) is 16.8. The predicted octanol–water partition coefficient (Wildman–Crippen LogP) is 1.58. The highest BCUT2D eigenvalue weighted by Crippen LogP contribution is 2.16. The van der Waals surface area contributed by atoms with Crippen LogP contribution in [0, 0.1) is 13.8 Å². The summed E-state index contributed by atoms with van der Waals surface area (Å²) in [5.41, 5.74) is 1.37. The number of carbonyl (C=O) groups is 1. The van der Waals surface area contributed by atoms with Crippen LogP contribution in [0.15, 0.2) is 34.0 Å². The molecule has 2 N–H and O–H groups in total. The van der Waals surface area contributed by atoms with E-state index in [4.69, 9.17) is 4.74 Å². The van der Waals surface area contributed by atoms with Crippen LogP contribution >= 0.6 is 0 Å². The Morgan fingerprint density at radius 2 is 2.16 bits per heavy atom. The van der Waals surface area contributed by atoms with E-state index in [2.05, 4.69) is 10.3 Å². The number of aromatic amines is 1. The molecule has 25 heavy (non-hydrogen) atoms. The Kier molecular flexibility index (Phi) is 4.85. The molecule has 1 unspecified atom stereocenters. The molecular formula is C18H21N3O4. The lowest BCUT2D eigenvalue weighted by Crippen LogP contribution is -2.41. The van der Waals surface area contributed by atoms with Gasteiger partial charge in [0.1, 0.15) is 5.56 Å². The van der Waals surface area contributed by atoms with Gasteiger partial charge in [-0.25, -0.2) is 4.79 Å². The molecule has 0 spiro atoms. The van der Waals surface area contributed by atoms with E-state index in [0.29, 0.717) is 12.3 Å². The van der Waals surface area contributed by atoms with Crippen LogP contribution in [-0.2, 0) is 11.3 Å². The van der Waals surface area contributed by atoms with Gasteiger partial charge in [-0.3, -0.25) is 14.2 Å². The number of hydrogen-bond acceptors (Lipinski definition) is 4. The Morgan fingerprint density at radius 3 is 2.84 bits per heavy atom.